The summed E-state index contributed by atoms with van der Waals surface area (Å²) in [4.78, 5) is 25.0. The van der Waals surface area contributed by atoms with Crippen molar-refractivity contribution in [3.05, 3.63) is 47.0 Å². The van der Waals surface area contributed by atoms with Gasteiger partial charge >= 0.3 is 0 Å². The van der Waals surface area contributed by atoms with Crippen LogP contribution in [0.2, 0.25) is 5.02 Å². The van der Waals surface area contributed by atoms with Gasteiger partial charge in [-0.3, -0.25) is 14.3 Å². The Bertz CT molecular complexity index is 700. The number of rotatable bonds is 3. The summed E-state index contributed by atoms with van der Waals surface area (Å²) in [6.07, 6.45) is 3.36. The van der Waals surface area contributed by atoms with Gasteiger partial charge in [0.1, 0.15) is 5.82 Å². The van der Waals surface area contributed by atoms with Crippen molar-refractivity contribution >= 4 is 29.0 Å². The number of fused-ring (bicyclic) bond motifs is 1. The second kappa shape index (κ2) is 4.72. The van der Waals surface area contributed by atoms with Crippen molar-refractivity contribution in [1.82, 2.24) is 9.78 Å². The number of hydrogen-bond donors (Lipinski definition) is 0. The first kappa shape index (κ1) is 12.8. The smallest absolute Gasteiger partial charge is 0.299 e. The predicted molar refractivity (Wildman–Crippen MR) is 70.3 cm³/mol. The molecule has 0 N–H and O–H groups in total. The minimum atomic E-state index is -0.672. The summed E-state index contributed by atoms with van der Waals surface area (Å²) < 4.78 is 15.1. The second-order valence-electron chi connectivity index (χ2n) is 4.34. The third-order valence-electron chi connectivity index (χ3n) is 3.13. The lowest BCUT2D eigenvalue weighted by Gasteiger charge is -2.16. The molecule has 1 aliphatic heterocycles. The van der Waals surface area contributed by atoms with E-state index in [-0.39, 0.29) is 22.8 Å². The highest BCUT2D eigenvalue weighted by Gasteiger charge is 2.36. The lowest BCUT2D eigenvalue weighted by Crippen LogP contribution is -2.32. The van der Waals surface area contributed by atoms with Crippen molar-refractivity contribution in [3.63, 3.8) is 0 Å². The van der Waals surface area contributed by atoms with Crippen LogP contribution in [0.25, 0.3) is 0 Å². The molecule has 3 rings (SSSR count). The Morgan fingerprint density at radius 2 is 2.05 bits per heavy atom. The number of nitrogens with zero attached hydrogens (tertiary/aromatic N) is 3. The van der Waals surface area contributed by atoms with Crippen LogP contribution in [0.4, 0.5) is 10.1 Å². The lowest BCUT2D eigenvalue weighted by atomic mass is 10.1. The molecule has 1 aliphatic rings. The molecule has 0 atom stereocenters. The molecule has 0 bridgehead atoms. The van der Waals surface area contributed by atoms with Crippen molar-refractivity contribution in [3.8, 4) is 0 Å². The molecule has 1 amide bonds. The Balaban J connectivity index is 1.91. The zero-order valence-corrected chi connectivity index (χ0v) is 11.0. The number of aromatic nitrogens is 2. The highest BCUT2D eigenvalue weighted by atomic mass is 35.5. The summed E-state index contributed by atoms with van der Waals surface area (Å²) in [6.45, 7) is 0.649. The number of benzene rings is 1. The summed E-state index contributed by atoms with van der Waals surface area (Å²) in [5.41, 5.74) is 0.399. The molecule has 0 fully saturated rings. The third kappa shape index (κ3) is 1.98. The molecule has 0 spiro atoms. The SMILES string of the molecule is O=C1C(=O)N(CCn2cccn2)c2cc(F)c(Cl)cc21. The highest BCUT2D eigenvalue weighted by molar-refractivity contribution is 6.52. The first-order valence-electron chi connectivity index (χ1n) is 5.90. The third-order valence-corrected chi connectivity index (χ3v) is 3.41. The topological polar surface area (TPSA) is 55.2 Å². The molecule has 7 heteroatoms. The quantitative estimate of drug-likeness (QED) is 0.812. The molecule has 0 aliphatic carbocycles. The van der Waals surface area contributed by atoms with Gasteiger partial charge in [0.2, 0.25) is 0 Å². The van der Waals surface area contributed by atoms with Crippen molar-refractivity contribution in [2.75, 3.05) is 11.4 Å². The Morgan fingerprint density at radius 1 is 1.25 bits per heavy atom. The number of carbonyl (C=O) groups excluding carboxylic acids is 2. The number of ketones is 1. The van der Waals surface area contributed by atoms with Gasteiger partial charge in [-0.2, -0.15) is 5.10 Å². The van der Waals surface area contributed by atoms with Crippen LogP contribution in [-0.4, -0.2) is 28.0 Å². The number of amides is 1. The fourth-order valence-corrected chi connectivity index (χ4v) is 2.31. The van der Waals surface area contributed by atoms with E-state index in [0.29, 0.717) is 6.54 Å². The molecule has 20 heavy (non-hydrogen) atoms. The number of carbonyl (C=O) groups is 2. The van der Waals surface area contributed by atoms with Crippen LogP contribution in [0.1, 0.15) is 10.4 Å². The van der Waals surface area contributed by atoms with Crippen molar-refractivity contribution in [2.24, 2.45) is 0 Å². The molecule has 1 aromatic heterocycles. The Morgan fingerprint density at radius 3 is 2.75 bits per heavy atom. The van der Waals surface area contributed by atoms with Crippen molar-refractivity contribution in [2.45, 2.75) is 6.54 Å². The predicted octanol–water partition coefficient (Wildman–Crippen LogP) is 1.91. The van der Waals surface area contributed by atoms with Crippen LogP contribution in [0.5, 0.6) is 0 Å². The van der Waals surface area contributed by atoms with E-state index in [1.807, 2.05) is 0 Å². The van der Waals surface area contributed by atoms with Crippen LogP contribution in [0.3, 0.4) is 0 Å². The largest absolute Gasteiger partial charge is 0.303 e. The first-order valence-corrected chi connectivity index (χ1v) is 6.28. The molecule has 2 aromatic rings. The van der Waals surface area contributed by atoms with E-state index in [4.69, 9.17) is 11.6 Å². The number of anilines is 1. The normalized spacial score (nSPS) is 14.0. The zero-order valence-electron chi connectivity index (χ0n) is 10.2. The van der Waals surface area contributed by atoms with Crippen molar-refractivity contribution < 1.29 is 14.0 Å². The number of halogens is 2. The van der Waals surface area contributed by atoms with E-state index < -0.39 is 17.5 Å². The average Bonchev–Trinajstić information content (AvgIpc) is 3.00. The molecule has 0 saturated heterocycles. The van der Waals surface area contributed by atoms with Gasteiger partial charge in [-0.25, -0.2) is 4.39 Å². The van der Waals surface area contributed by atoms with Gasteiger partial charge < -0.3 is 4.90 Å². The van der Waals surface area contributed by atoms with Crippen LogP contribution >= 0.6 is 11.6 Å². The molecule has 5 nitrogen and oxygen atoms in total. The van der Waals surface area contributed by atoms with Crippen LogP contribution in [-0.2, 0) is 11.3 Å². The maximum atomic E-state index is 13.5. The van der Waals surface area contributed by atoms with Crippen LogP contribution in [0, 0.1) is 5.82 Å². The highest BCUT2D eigenvalue weighted by Crippen LogP contribution is 2.32. The summed E-state index contributed by atoms with van der Waals surface area (Å²) in [7, 11) is 0. The van der Waals surface area contributed by atoms with E-state index >= 15 is 0 Å². The number of Topliss-reactive ketones (excluding diaryl/α,β-unsaturated/α-hetero) is 1. The Hall–Kier alpha value is -2.21. The van der Waals surface area contributed by atoms with E-state index in [2.05, 4.69) is 5.10 Å². The molecule has 102 valence electrons. The van der Waals surface area contributed by atoms with Gasteiger partial charge in [-0.05, 0) is 18.2 Å². The number of hydrogen-bond acceptors (Lipinski definition) is 3. The monoisotopic (exact) mass is 293 g/mol. The lowest BCUT2D eigenvalue weighted by molar-refractivity contribution is -0.114. The van der Waals surface area contributed by atoms with Gasteiger partial charge in [-0.1, -0.05) is 11.6 Å². The summed E-state index contributed by atoms with van der Waals surface area (Å²) in [6, 6.07) is 4.06. The Labute approximate surface area is 118 Å². The molecular formula is C13H9ClFN3O2. The van der Waals surface area contributed by atoms with E-state index in [1.165, 1.54) is 11.0 Å². The van der Waals surface area contributed by atoms with Crippen LogP contribution < -0.4 is 4.90 Å². The molecule has 1 aromatic carbocycles. The molecule has 0 radical (unpaired) electrons. The van der Waals surface area contributed by atoms with E-state index in [9.17, 15) is 14.0 Å². The van der Waals surface area contributed by atoms with Gasteiger partial charge in [0.05, 0.1) is 22.8 Å². The van der Waals surface area contributed by atoms with Gasteiger partial charge in [0, 0.05) is 18.9 Å². The van der Waals surface area contributed by atoms with Gasteiger partial charge in [0.25, 0.3) is 11.7 Å². The average molecular weight is 294 g/mol. The second-order valence-corrected chi connectivity index (χ2v) is 4.75. The minimum Gasteiger partial charge on any atom is -0.303 e. The standard InChI is InChI=1S/C13H9ClFN3O2/c14-9-6-8-11(7-10(9)15)18(13(20)12(8)19)5-4-17-3-1-2-16-17/h1-3,6-7H,4-5H2. The maximum absolute atomic E-state index is 13.5. The van der Waals surface area contributed by atoms with Crippen LogP contribution in [0.15, 0.2) is 30.6 Å². The fourth-order valence-electron chi connectivity index (χ4n) is 2.15. The van der Waals surface area contributed by atoms with Crippen molar-refractivity contribution in [1.29, 1.82) is 0 Å². The molecule has 0 saturated carbocycles. The molecule has 0 unspecified atom stereocenters. The summed E-state index contributed by atoms with van der Waals surface area (Å²) in [5.74, 6) is -1.99. The minimum absolute atomic E-state index is 0.141. The van der Waals surface area contributed by atoms with Gasteiger partial charge in [-0.15, -0.1) is 0 Å². The van der Waals surface area contributed by atoms with E-state index in [0.717, 1.165) is 6.07 Å². The fraction of sp³-hybridized carbons (Fsp3) is 0.154. The molecule has 2 heterocycles. The van der Waals surface area contributed by atoms with Gasteiger partial charge in [0.15, 0.2) is 0 Å². The van der Waals surface area contributed by atoms with E-state index in [1.54, 1.807) is 23.1 Å². The summed E-state index contributed by atoms with van der Waals surface area (Å²) >= 11 is 5.64. The first-order chi connectivity index (χ1) is 9.58. The maximum Gasteiger partial charge on any atom is 0.299 e. The molecular weight excluding hydrogens is 285 g/mol. The Kier molecular flexibility index (Phi) is 3.02. The summed E-state index contributed by atoms with van der Waals surface area (Å²) in [5, 5.41) is 3.84. The zero-order chi connectivity index (χ0) is 14.3.